The van der Waals surface area contributed by atoms with Gasteiger partial charge in [0.25, 0.3) is 0 Å². The number of esters is 1. The van der Waals surface area contributed by atoms with Crippen molar-refractivity contribution in [3.8, 4) is 17.0 Å². The number of carbonyl (C=O) groups is 1. The van der Waals surface area contributed by atoms with Gasteiger partial charge in [0.2, 0.25) is 0 Å². The van der Waals surface area contributed by atoms with Gasteiger partial charge in [-0.1, -0.05) is 25.4 Å². The van der Waals surface area contributed by atoms with Crippen LogP contribution in [0.4, 0.5) is 0 Å². The molecule has 0 amide bonds. The summed E-state index contributed by atoms with van der Waals surface area (Å²) in [5.41, 5.74) is 2.26. The monoisotopic (exact) mass is 446 g/mol. The Morgan fingerprint density at radius 1 is 1.23 bits per heavy atom. The van der Waals surface area contributed by atoms with Crippen molar-refractivity contribution < 1.29 is 19.0 Å². The predicted octanol–water partition coefficient (Wildman–Crippen LogP) is 3.79. The first-order valence-corrected chi connectivity index (χ1v) is 10.7. The summed E-state index contributed by atoms with van der Waals surface area (Å²) in [6.45, 7) is 6.36. The van der Waals surface area contributed by atoms with Gasteiger partial charge in [-0.3, -0.25) is 9.47 Å². The van der Waals surface area contributed by atoms with Gasteiger partial charge < -0.3 is 19.2 Å². The van der Waals surface area contributed by atoms with Crippen LogP contribution in [0.15, 0.2) is 29.2 Å². The highest BCUT2D eigenvalue weighted by Gasteiger charge is 2.46. The minimum absolute atomic E-state index is 0.0161. The second kappa shape index (κ2) is 8.20. The molecule has 2 aliphatic heterocycles. The number of hydrogen-bond acceptors (Lipinski definition) is 6. The van der Waals surface area contributed by atoms with Crippen LogP contribution in [0.1, 0.15) is 48.7 Å². The Labute approximate surface area is 186 Å². The first-order chi connectivity index (χ1) is 14.8. The van der Waals surface area contributed by atoms with Crippen LogP contribution in [0.3, 0.4) is 0 Å². The molecule has 3 heterocycles. The Hall–Kier alpha value is -2.51. The van der Waals surface area contributed by atoms with Crippen molar-refractivity contribution in [3.63, 3.8) is 0 Å². The predicted molar refractivity (Wildman–Crippen MR) is 119 cm³/mol. The Morgan fingerprint density at radius 3 is 2.71 bits per heavy atom. The van der Waals surface area contributed by atoms with Gasteiger partial charge in [0.1, 0.15) is 11.3 Å². The number of methoxy groups -OCH3 is 2. The maximum absolute atomic E-state index is 12.7. The SMILES string of the molecule is COCCCOc1cc2c(cc1Cl)-c1cc(=O)c(C(=O)OC)cn1N1CCC(C)(C)[C@@H]21. The van der Waals surface area contributed by atoms with Gasteiger partial charge in [-0.25, -0.2) is 4.79 Å². The third kappa shape index (κ3) is 3.70. The highest BCUT2D eigenvalue weighted by atomic mass is 35.5. The van der Waals surface area contributed by atoms with Crippen molar-refractivity contribution in [2.24, 2.45) is 5.41 Å². The van der Waals surface area contributed by atoms with Crippen molar-refractivity contribution in [3.05, 3.63) is 50.8 Å². The van der Waals surface area contributed by atoms with Crippen LogP contribution in [0.2, 0.25) is 5.02 Å². The molecule has 0 unspecified atom stereocenters. The Kier molecular flexibility index (Phi) is 5.75. The summed E-state index contributed by atoms with van der Waals surface area (Å²) in [5.74, 6) is -0.0138. The number of ether oxygens (including phenoxy) is 3. The van der Waals surface area contributed by atoms with Crippen LogP contribution in [-0.4, -0.2) is 44.6 Å². The van der Waals surface area contributed by atoms with Crippen LogP contribution in [0.25, 0.3) is 11.3 Å². The van der Waals surface area contributed by atoms with Crippen molar-refractivity contribution in [1.29, 1.82) is 0 Å². The fraction of sp³-hybridized carbons (Fsp3) is 0.478. The largest absolute Gasteiger partial charge is 0.492 e. The molecule has 4 rings (SSSR count). The van der Waals surface area contributed by atoms with E-state index in [1.54, 1.807) is 13.3 Å². The molecule has 0 N–H and O–H groups in total. The van der Waals surface area contributed by atoms with Crippen molar-refractivity contribution in [2.75, 3.05) is 39.0 Å². The summed E-state index contributed by atoms with van der Waals surface area (Å²) >= 11 is 6.57. The first-order valence-electron chi connectivity index (χ1n) is 10.4. The molecular formula is C23H27ClN2O5. The molecule has 1 saturated heterocycles. The molecule has 2 aromatic rings. The van der Waals surface area contributed by atoms with Crippen LogP contribution in [0, 0.1) is 5.41 Å². The molecule has 8 heteroatoms. The minimum atomic E-state index is -0.640. The molecule has 166 valence electrons. The smallest absolute Gasteiger partial charge is 0.343 e. The number of fused-ring (bicyclic) bond motifs is 6. The molecule has 1 aromatic heterocycles. The molecule has 2 aliphatic rings. The third-order valence-electron chi connectivity index (χ3n) is 6.16. The third-order valence-corrected chi connectivity index (χ3v) is 6.46. The van der Waals surface area contributed by atoms with E-state index >= 15 is 0 Å². The highest BCUT2D eigenvalue weighted by molar-refractivity contribution is 6.32. The van der Waals surface area contributed by atoms with E-state index in [9.17, 15) is 9.59 Å². The number of carbonyl (C=O) groups excluding carboxylic acids is 1. The van der Waals surface area contributed by atoms with E-state index in [-0.39, 0.29) is 22.4 Å². The van der Waals surface area contributed by atoms with E-state index in [1.807, 2.05) is 16.8 Å². The molecule has 0 aliphatic carbocycles. The average molecular weight is 447 g/mol. The van der Waals surface area contributed by atoms with E-state index in [4.69, 9.17) is 25.8 Å². The van der Waals surface area contributed by atoms with E-state index in [0.717, 1.165) is 30.5 Å². The van der Waals surface area contributed by atoms with Crippen LogP contribution >= 0.6 is 11.6 Å². The van der Waals surface area contributed by atoms with E-state index in [2.05, 4.69) is 18.9 Å². The van der Waals surface area contributed by atoms with Crippen molar-refractivity contribution in [1.82, 2.24) is 4.68 Å². The zero-order valence-electron chi connectivity index (χ0n) is 18.2. The zero-order valence-corrected chi connectivity index (χ0v) is 19.0. The van der Waals surface area contributed by atoms with Gasteiger partial charge in [0.05, 0.1) is 30.5 Å². The van der Waals surface area contributed by atoms with E-state index in [0.29, 0.717) is 29.7 Å². The molecular weight excluding hydrogens is 420 g/mol. The number of nitrogens with zero attached hydrogens (tertiary/aromatic N) is 2. The maximum Gasteiger partial charge on any atom is 0.343 e. The lowest BCUT2D eigenvalue weighted by atomic mass is 9.78. The van der Waals surface area contributed by atoms with Crippen molar-refractivity contribution in [2.45, 2.75) is 32.7 Å². The van der Waals surface area contributed by atoms with Gasteiger partial charge >= 0.3 is 5.97 Å². The molecule has 0 radical (unpaired) electrons. The summed E-state index contributed by atoms with van der Waals surface area (Å²) in [6, 6.07) is 5.39. The van der Waals surface area contributed by atoms with Crippen molar-refractivity contribution >= 4 is 17.6 Å². The molecule has 0 bridgehead atoms. The molecule has 31 heavy (non-hydrogen) atoms. The second-order valence-corrected chi connectivity index (χ2v) is 9.05. The Bertz CT molecular complexity index is 1080. The van der Waals surface area contributed by atoms with Crippen LogP contribution < -0.4 is 15.2 Å². The summed E-state index contributed by atoms with van der Waals surface area (Å²) in [6.07, 6.45) is 3.31. The number of aromatic nitrogens is 1. The zero-order chi connectivity index (χ0) is 22.3. The van der Waals surface area contributed by atoms with E-state index in [1.165, 1.54) is 13.2 Å². The Morgan fingerprint density at radius 2 is 2.00 bits per heavy atom. The summed E-state index contributed by atoms with van der Waals surface area (Å²) in [5, 5.41) is 2.68. The Balaban J connectivity index is 1.86. The van der Waals surface area contributed by atoms with Gasteiger partial charge in [-0.2, -0.15) is 0 Å². The molecule has 1 atom stereocenters. The number of rotatable bonds is 6. The second-order valence-electron chi connectivity index (χ2n) is 8.64. The summed E-state index contributed by atoms with van der Waals surface area (Å²) in [7, 11) is 2.94. The molecule has 0 spiro atoms. The van der Waals surface area contributed by atoms with Gasteiger partial charge in [0, 0.05) is 44.5 Å². The first kappa shape index (κ1) is 21.7. The lowest BCUT2D eigenvalue weighted by molar-refractivity contribution is 0.0598. The van der Waals surface area contributed by atoms with Crippen LogP contribution in [0.5, 0.6) is 5.75 Å². The highest BCUT2D eigenvalue weighted by Crippen LogP contribution is 2.52. The maximum atomic E-state index is 12.7. The number of pyridine rings is 1. The summed E-state index contributed by atoms with van der Waals surface area (Å²) in [4.78, 5) is 24.8. The number of halogens is 1. The minimum Gasteiger partial charge on any atom is -0.492 e. The standard InChI is InChI=1S/C23H27ClN2O5/c1-23(2)6-7-25-21(23)15-11-20(31-9-5-8-29-3)17(24)10-14(15)18-12-19(27)16(13-26(18)25)22(28)30-4/h10-13,21H,5-9H2,1-4H3/t21-/m1/s1. The molecule has 1 aromatic carbocycles. The van der Waals surface area contributed by atoms with E-state index < -0.39 is 5.97 Å². The summed E-state index contributed by atoms with van der Waals surface area (Å²) < 4.78 is 17.7. The fourth-order valence-corrected chi connectivity index (χ4v) is 4.82. The van der Waals surface area contributed by atoms with Gasteiger partial charge in [0.15, 0.2) is 5.43 Å². The molecule has 1 fully saturated rings. The quantitative estimate of drug-likeness (QED) is 0.496. The number of benzene rings is 1. The normalized spacial score (nSPS) is 18.2. The topological polar surface area (TPSA) is 70.0 Å². The lowest BCUT2D eigenvalue weighted by Gasteiger charge is -2.42. The fourth-order valence-electron chi connectivity index (χ4n) is 4.60. The molecule has 7 nitrogen and oxygen atoms in total. The van der Waals surface area contributed by atoms with Gasteiger partial charge in [-0.05, 0) is 29.5 Å². The van der Waals surface area contributed by atoms with Gasteiger partial charge in [-0.15, -0.1) is 0 Å². The number of hydrogen-bond donors (Lipinski definition) is 0. The lowest BCUT2D eigenvalue weighted by Crippen LogP contribution is -2.42. The average Bonchev–Trinajstić information content (AvgIpc) is 3.06. The van der Waals surface area contributed by atoms with Crippen LogP contribution in [-0.2, 0) is 9.47 Å². The molecule has 0 saturated carbocycles.